The molecule has 2 aliphatic rings. The molecule has 3 atom stereocenters. The molecule has 17 heavy (non-hydrogen) atoms. The van der Waals surface area contributed by atoms with E-state index < -0.39 is 0 Å². The summed E-state index contributed by atoms with van der Waals surface area (Å²) in [7, 11) is 0. The Hall–Kier alpha value is -0.120. The molecule has 0 spiro atoms. The van der Waals surface area contributed by atoms with E-state index >= 15 is 0 Å². The second kappa shape index (κ2) is 5.25. The van der Waals surface area contributed by atoms with Gasteiger partial charge in [-0.15, -0.1) is 0 Å². The average molecular weight is 241 g/mol. The summed E-state index contributed by atoms with van der Waals surface area (Å²) in [6.45, 7) is 9.47. The van der Waals surface area contributed by atoms with E-state index in [1.807, 2.05) is 0 Å². The topological polar surface area (TPSA) is 30.5 Å². The molecule has 2 rings (SSSR count). The lowest BCUT2D eigenvalue weighted by Gasteiger charge is -2.39. The minimum absolute atomic E-state index is 0.0704. The molecule has 0 aromatic rings. The molecular weight excluding hydrogens is 214 g/mol. The van der Waals surface area contributed by atoms with Gasteiger partial charge in [0, 0.05) is 25.8 Å². The highest BCUT2D eigenvalue weighted by Gasteiger charge is 2.34. The number of hydrogen-bond acceptors (Lipinski definition) is 3. The molecule has 2 aliphatic heterocycles. The van der Waals surface area contributed by atoms with Gasteiger partial charge in [0.1, 0.15) is 0 Å². The number of hydrogen-bond donors (Lipinski definition) is 1. The normalized spacial score (nSPS) is 42.9. The molecule has 0 bridgehead atoms. The molecule has 1 N–H and O–H groups in total. The van der Waals surface area contributed by atoms with Crippen LogP contribution in [0, 0.1) is 0 Å². The van der Waals surface area contributed by atoms with Crippen LogP contribution in [0.4, 0.5) is 0 Å². The van der Waals surface area contributed by atoms with Crippen LogP contribution in [0.15, 0.2) is 0 Å². The van der Waals surface area contributed by atoms with Gasteiger partial charge in [0.25, 0.3) is 0 Å². The van der Waals surface area contributed by atoms with E-state index in [9.17, 15) is 0 Å². The zero-order valence-electron chi connectivity index (χ0n) is 11.6. The van der Waals surface area contributed by atoms with Gasteiger partial charge in [0.2, 0.25) is 0 Å². The Kier molecular flexibility index (Phi) is 4.11. The van der Waals surface area contributed by atoms with Crippen molar-refractivity contribution in [3.63, 3.8) is 0 Å². The van der Waals surface area contributed by atoms with Gasteiger partial charge in [0.15, 0.2) is 0 Å². The van der Waals surface area contributed by atoms with Crippen molar-refractivity contribution < 1.29 is 9.47 Å². The minimum Gasteiger partial charge on any atom is -0.375 e. The van der Waals surface area contributed by atoms with Crippen molar-refractivity contribution in [3.05, 3.63) is 0 Å². The molecule has 3 unspecified atom stereocenters. The van der Waals surface area contributed by atoms with Crippen molar-refractivity contribution in [2.75, 3.05) is 19.8 Å². The molecule has 2 fully saturated rings. The second-order valence-electron chi connectivity index (χ2n) is 6.12. The number of rotatable bonds is 4. The van der Waals surface area contributed by atoms with Crippen molar-refractivity contribution in [2.24, 2.45) is 0 Å². The number of nitrogens with one attached hydrogen (secondary N) is 1. The van der Waals surface area contributed by atoms with Crippen LogP contribution in [0.5, 0.6) is 0 Å². The molecule has 2 saturated heterocycles. The summed E-state index contributed by atoms with van der Waals surface area (Å²) in [6.07, 6.45) is 5.75. The van der Waals surface area contributed by atoms with Crippen LogP contribution < -0.4 is 5.32 Å². The van der Waals surface area contributed by atoms with E-state index in [1.54, 1.807) is 0 Å². The third-order valence-corrected chi connectivity index (χ3v) is 4.41. The Labute approximate surface area is 105 Å². The summed E-state index contributed by atoms with van der Waals surface area (Å²) >= 11 is 0. The fourth-order valence-electron chi connectivity index (χ4n) is 2.89. The lowest BCUT2D eigenvalue weighted by Crippen LogP contribution is -2.49. The van der Waals surface area contributed by atoms with Crippen LogP contribution >= 0.6 is 0 Å². The maximum Gasteiger partial charge on any atom is 0.0779 e. The van der Waals surface area contributed by atoms with Gasteiger partial charge in [-0.25, -0.2) is 0 Å². The van der Waals surface area contributed by atoms with Crippen LogP contribution in [0.2, 0.25) is 0 Å². The van der Waals surface area contributed by atoms with E-state index in [4.69, 9.17) is 9.47 Å². The summed E-state index contributed by atoms with van der Waals surface area (Å²) in [5.74, 6) is 0. The van der Waals surface area contributed by atoms with E-state index in [2.05, 4.69) is 26.1 Å². The van der Waals surface area contributed by atoms with E-state index in [0.29, 0.717) is 6.04 Å². The second-order valence-corrected chi connectivity index (χ2v) is 6.12. The minimum atomic E-state index is 0.0704. The van der Waals surface area contributed by atoms with Crippen molar-refractivity contribution in [2.45, 2.75) is 70.1 Å². The lowest BCUT2D eigenvalue weighted by atomic mass is 9.89. The molecule has 0 radical (unpaired) electrons. The average Bonchev–Trinajstić information content (AvgIpc) is 2.75. The number of ether oxygens (including phenoxy) is 2. The lowest BCUT2D eigenvalue weighted by molar-refractivity contribution is -0.0808. The Morgan fingerprint density at radius 1 is 1.18 bits per heavy atom. The fraction of sp³-hybridized carbons (Fsp3) is 1.00. The van der Waals surface area contributed by atoms with Crippen molar-refractivity contribution >= 4 is 0 Å². The highest BCUT2D eigenvalue weighted by Crippen LogP contribution is 2.29. The van der Waals surface area contributed by atoms with Crippen LogP contribution in [-0.2, 0) is 9.47 Å². The molecule has 0 aliphatic carbocycles. The molecule has 0 saturated carbocycles. The van der Waals surface area contributed by atoms with Crippen molar-refractivity contribution in [1.82, 2.24) is 5.32 Å². The molecule has 100 valence electrons. The van der Waals surface area contributed by atoms with Crippen molar-refractivity contribution in [1.29, 1.82) is 0 Å². The summed E-state index contributed by atoms with van der Waals surface area (Å²) in [6, 6.07) is 0.592. The van der Waals surface area contributed by atoms with E-state index in [1.165, 1.54) is 12.8 Å². The first-order valence-electron chi connectivity index (χ1n) is 7.07. The molecular formula is C14H27NO2. The van der Waals surface area contributed by atoms with Gasteiger partial charge >= 0.3 is 0 Å². The Morgan fingerprint density at radius 3 is 2.59 bits per heavy atom. The van der Waals surface area contributed by atoms with Gasteiger partial charge in [-0.2, -0.15) is 0 Å². The molecule has 3 heteroatoms. The third kappa shape index (κ3) is 3.43. The first-order chi connectivity index (χ1) is 8.05. The van der Waals surface area contributed by atoms with E-state index in [0.717, 1.165) is 39.0 Å². The first-order valence-corrected chi connectivity index (χ1v) is 7.07. The summed E-state index contributed by atoms with van der Waals surface area (Å²) in [5, 5.41) is 3.69. The van der Waals surface area contributed by atoms with Crippen LogP contribution in [0.1, 0.15) is 52.9 Å². The fourth-order valence-corrected chi connectivity index (χ4v) is 2.89. The zero-order valence-corrected chi connectivity index (χ0v) is 11.6. The molecule has 0 aromatic heterocycles. The van der Waals surface area contributed by atoms with Gasteiger partial charge in [-0.1, -0.05) is 6.92 Å². The standard InChI is InChI=1S/C14H27NO2/c1-4-13(2)10-12(6-9-17-13)15-11-14(3)7-5-8-16-14/h12,15H,4-11H2,1-3H3. The molecule has 0 amide bonds. The predicted octanol–water partition coefficient (Wildman–Crippen LogP) is 2.49. The smallest absolute Gasteiger partial charge is 0.0779 e. The van der Waals surface area contributed by atoms with Gasteiger partial charge in [0.05, 0.1) is 11.2 Å². The van der Waals surface area contributed by atoms with Gasteiger partial charge < -0.3 is 14.8 Å². The Bertz CT molecular complexity index is 251. The van der Waals surface area contributed by atoms with Crippen molar-refractivity contribution in [3.8, 4) is 0 Å². The maximum atomic E-state index is 5.87. The largest absolute Gasteiger partial charge is 0.375 e. The predicted molar refractivity (Wildman–Crippen MR) is 69.3 cm³/mol. The van der Waals surface area contributed by atoms with Crippen LogP contribution in [0.3, 0.4) is 0 Å². The summed E-state index contributed by atoms with van der Waals surface area (Å²) in [5.41, 5.74) is 0.147. The quantitative estimate of drug-likeness (QED) is 0.820. The first kappa shape index (κ1) is 13.3. The Balaban J connectivity index is 1.79. The Morgan fingerprint density at radius 2 is 1.94 bits per heavy atom. The van der Waals surface area contributed by atoms with Crippen LogP contribution in [-0.4, -0.2) is 37.0 Å². The van der Waals surface area contributed by atoms with Gasteiger partial charge in [-0.3, -0.25) is 0 Å². The highest BCUT2D eigenvalue weighted by molar-refractivity contribution is 4.89. The molecule has 0 aromatic carbocycles. The maximum absolute atomic E-state index is 5.87. The summed E-state index contributed by atoms with van der Waals surface area (Å²) < 4.78 is 11.7. The summed E-state index contributed by atoms with van der Waals surface area (Å²) in [4.78, 5) is 0. The van der Waals surface area contributed by atoms with Gasteiger partial charge in [-0.05, 0) is 46.0 Å². The van der Waals surface area contributed by atoms with Crippen LogP contribution in [0.25, 0.3) is 0 Å². The SMILES string of the molecule is CCC1(C)CC(NCC2(C)CCCO2)CCO1. The zero-order chi connectivity index (χ0) is 12.4. The monoisotopic (exact) mass is 241 g/mol. The molecule has 3 nitrogen and oxygen atoms in total. The third-order valence-electron chi connectivity index (χ3n) is 4.41. The molecule has 2 heterocycles. The highest BCUT2D eigenvalue weighted by atomic mass is 16.5. The van der Waals surface area contributed by atoms with E-state index in [-0.39, 0.29) is 11.2 Å².